The van der Waals surface area contributed by atoms with Gasteiger partial charge in [-0.25, -0.2) is 0 Å². The molecule has 0 spiro atoms. The van der Waals surface area contributed by atoms with Gasteiger partial charge in [0.25, 0.3) is 0 Å². The Balaban J connectivity index is 2.15. The van der Waals surface area contributed by atoms with E-state index in [1.807, 2.05) is 17.9 Å². The molecule has 0 saturated carbocycles. The third kappa shape index (κ3) is 5.81. The molecule has 0 amide bonds. The molecule has 0 aromatic carbocycles. The molecule has 17 heavy (non-hydrogen) atoms. The van der Waals surface area contributed by atoms with E-state index in [0.717, 1.165) is 26.2 Å². The Bertz CT molecular complexity index is 313. The van der Waals surface area contributed by atoms with Crippen LogP contribution >= 0.6 is 0 Å². The van der Waals surface area contributed by atoms with Crippen molar-refractivity contribution in [1.82, 2.24) is 20.0 Å². The molecule has 5 nitrogen and oxygen atoms in total. The number of likely N-dealkylation sites (N-methyl/N-ethyl adjacent to an activating group) is 1. The van der Waals surface area contributed by atoms with Gasteiger partial charge < -0.3 is 15.0 Å². The van der Waals surface area contributed by atoms with Gasteiger partial charge >= 0.3 is 0 Å². The number of nitrogens with zero attached hydrogens (tertiary/aromatic N) is 3. The lowest BCUT2D eigenvalue weighted by Crippen LogP contribution is -2.36. The highest BCUT2D eigenvalue weighted by Crippen LogP contribution is 2.00. The normalized spacial score (nSPS) is 13.2. The average Bonchev–Trinajstić information content (AvgIpc) is 2.64. The van der Waals surface area contributed by atoms with Crippen LogP contribution in [0, 0.1) is 0 Å². The van der Waals surface area contributed by atoms with Crippen LogP contribution in [0.1, 0.15) is 12.5 Å². The summed E-state index contributed by atoms with van der Waals surface area (Å²) in [5.41, 5.74) is 1.25. The molecule has 1 aromatic rings. The second-order valence-corrected chi connectivity index (χ2v) is 4.57. The number of ether oxygens (including phenoxy) is 1. The van der Waals surface area contributed by atoms with E-state index in [2.05, 4.69) is 35.5 Å². The van der Waals surface area contributed by atoms with Gasteiger partial charge in [-0.15, -0.1) is 0 Å². The molecular weight excluding hydrogens is 216 g/mol. The molecule has 0 saturated heterocycles. The van der Waals surface area contributed by atoms with Crippen molar-refractivity contribution in [3.05, 3.63) is 18.0 Å². The number of hydrogen-bond acceptors (Lipinski definition) is 4. The molecular formula is C12H24N4O. The summed E-state index contributed by atoms with van der Waals surface area (Å²) in [5, 5.41) is 7.58. The summed E-state index contributed by atoms with van der Waals surface area (Å²) in [6.07, 6.45) is 3.97. The zero-order valence-electron chi connectivity index (χ0n) is 11.3. The van der Waals surface area contributed by atoms with Gasteiger partial charge in [0.1, 0.15) is 0 Å². The first-order valence-corrected chi connectivity index (χ1v) is 6.00. The summed E-state index contributed by atoms with van der Waals surface area (Å²) in [5.74, 6) is 0. The number of methoxy groups -OCH3 is 1. The summed E-state index contributed by atoms with van der Waals surface area (Å²) < 4.78 is 6.91. The Morgan fingerprint density at radius 2 is 2.35 bits per heavy atom. The molecule has 1 N–H and O–H groups in total. The smallest absolute Gasteiger partial charge is 0.0613 e. The van der Waals surface area contributed by atoms with Crippen LogP contribution < -0.4 is 5.32 Å². The summed E-state index contributed by atoms with van der Waals surface area (Å²) in [6, 6.07) is 0.409. The minimum absolute atomic E-state index is 0.409. The second-order valence-electron chi connectivity index (χ2n) is 4.57. The van der Waals surface area contributed by atoms with Crippen LogP contribution in [0.5, 0.6) is 0 Å². The van der Waals surface area contributed by atoms with Gasteiger partial charge in [0.15, 0.2) is 0 Å². The van der Waals surface area contributed by atoms with Crippen molar-refractivity contribution in [3.8, 4) is 0 Å². The van der Waals surface area contributed by atoms with Gasteiger partial charge in [-0.3, -0.25) is 4.68 Å². The summed E-state index contributed by atoms with van der Waals surface area (Å²) in [6.45, 7) is 5.81. The minimum atomic E-state index is 0.409. The SMILES string of the molecule is COCC(C)NCCN(C)Cc1cnn(C)c1. The monoisotopic (exact) mass is 240 g/mol. The quantitative estimate of drug-likeness (QED) is 0.717. The number of aryl methyl sites for hydroxylation is 1. The van der Waals surface area contributed by atoms with Crippen LogP contribution in [-0.4, -0.2) is 54.6 Å². The molecule has 1 heterocycles. The number of rotatable bonds is 8. The summed E-state index contributed by atoms with van der Waals surface area (Å²) in [4.78, 5) is 2.28. The van der Waals surface area contributed by atoms with Gasteiger partial charge in [-0.05, 0) is 14.0 Å². The topological polar surface area (TPSA) is 42.3 Å². The van der Waals surface area contributed by atoms with Gasteiger partial charge in [-0.2, -0.15) is 5.10 Å². The van der Waals surface area contributed by atoms with Crippen molar-refractivity contribution in [1.29, 1.82) is 0 Å². The van der Waals surface area contributed by atoms with E-state index in [9.17, 15) is 0 Å². The van der Waals surface area contributed by atoms with Crippen molar-refractivity contribution in [2.75, 3.05) is 33.9 Å². The van der Waals surface area contributed by atoms with Gasteiger partial charge in [0.05, 0.1) is 12.8 Å². The van der Waals surface area contributed by atoms with Crippen molar-refractivity contribution in [3.63, 3.8) is 0 Å². The van der Waals surface area contributed by atoms with E-state index >= 15 is 0 Å². The molecule has 0 radical (unpaired) electrons. The first-order valence-electron chi connectivity index (χ1n) is 6.00. The fourth-order valence-corrected chi connectivity index (χ4v) is 1.75. The largest absolute Gasteiger partial charge is 0.383 e. The predicted octanol–water partition coefficient (Wildman–Crippen LogP) is 0.476. The van der Waals surface area contributed by atoms with Crippen LogP contribution in [-0.2, 0) is 18.3 Å². The second kappa shape index (κ2) is 7.42. The number of aromatic nitrogens is 2. The van der Waals surface area contributed by atoms with E-state index in [4.69, 9.17) is 4.74 Å². The van der Waals surface area contributed by atoms with Gasteiger partial charge in [0, 0.05) is 51.6 Å². The van der Waals surface area contributed by atoms with E-state index < -0.39 is 0 Å². The highest BCUT2D eigenvalue weighted by atomic mass is 16.5. The molecule has 1 unspecified atom stereocenters. The third-order valence-corrected chi connectivity index (χ3v) is 2.61. The van der Waals surface area contributed by atoms with Crippen LogP contribution in [0.2, 0.25) is 0 Å². The number of hydrogen-bond donors (Lipinski definition) is 1. The van der Waals surface area contributed by atoms with Gasteiger partial charge in [-0.1, -0.05) is 0 Å². The maximum atomic E-state index is 5.07. The molecule has 0 aliphatic rings. The van der Waals surface area contributed by atoms with E-state index in [0.29, 0.717) is 6.04 Å². The Kier molecular flexibility index (Phi) is 6.18. The first kappa shape index (κ1) is 14.2. The molecule has 1 rings (SSSR count). The molecule has 1 aromatic heterocycles. The van der Waals surface area contributed by atoms with E-state index in [1.165, 1.54) is 5.56 Å². The van der Waals surface area contributed by atoms with E-state index in [-0.39, 0.29) is 0 Å². The Morgan fingerprint density at radius 3 is 2.94 bits per heavy atom. The van der Waals surface area contributed by atoms with Crippen LogP contribution in [0.3, 0.4) is 0 Å². The minimum Gasteiger partial charge on any atom is -0.383 e. The Hall–Kier alpha value is -0.910. The maximum absolute atomic E-state index is 5.07. The molecule has 98 valence electrons. The van der Waals surface area contributed by atoms with Crippen molar-refractivity contribution in [2.45, 2.75) is 19.5 Å². The van der Waals surface area contributed by atoms with Crippen LogP contribution in [0.4, 0.5) is 0 Å². The standard InChI is InChI=1S/C12H24N4O/c1-11(10-17-4)13-5-6-15(2)8-12-7-14-16(3)9-12/h7,9,11,13H,5-6,8,10H2,1-4H3. The lowest BCUT2D eigenvalue weighted by Gasteiger charge is -2.18. The highest BCUT2D eigenvalue weighted by Gasteiger charge is 2.03. The predicted molar refractivity (Wildman–Crippen MR) is 68.9 cm³/mol. The highest BCUT2D eigenvalue weighted by molar-refractivity contribution is 5.02. The van der Waals surface area contributed by atoms with Crippen LogP contribution in [0.15, 0.2) is 12.4 Å². The lowest BCUT2D eigenvalue weighted by molar-refractivity contribution is 0.170. The summed E-state index contributed by atoms with van der Waals surface area (Å²) >= 11 is 0. The zero-order valence-corrected chi connectivity index (χ0v) is 11.3. The molecule has 0 fully saturated rings. The summed E-state index contributed by atoms with van der Waals surface area (Å²) in [7, 11) is 5.79. The maximum Gasteiger partial charge on any atom is 0.0613 e. The first-order chi connectivity index (χ1) is 8.11. The molecule has 0 aliphatic heterocycles. The fourth-order valence-electron chi connectivity index (χ4n) is 1.75. The van der Waals surface area contributed by atoms with Crippen LogP contribution in [0.25, 0.3) is 0 Å². The van der Waals surface area contributed by atoms with Gasteiger partial charge in [0.2, 0.25) is 0 Å². The van der Waals surface area contributed by atoms with E-state index in [1.54, 1.807) is 7.11 Å². The lowest BCUT2D eigenvalue weighted by atomic mass is 10.3. The Labute approximate surface area is 104 Å². The molecule has 5 heteroatoms. The third-order valence-electron chi connectivity index (χ3n) is 2.61. The Morgan fingerprint density at radius 1 is 1.59 bits per heavy atom. The van der Waals surface area contributed by atoms with Crippen molar-refractivity contribution in [2.24, 2.45) is 7.05 Å². The zero-order chi connectivity index (χ0) is 12.7. The average molecular weight is 240 g/mol. The van der Waals surface area contributed by atoms with Crippen molar-refractivity contribution < 1.29 is 4.74 Å². The van der Waals surface area contributed by atoms with Crippen molar-refractivity contribution >= 4 is 0 Å². The fraction of sp³-hybridized carbons (Fsp3) is 0.750. The molecule has 1 atom stereocenters. The molecule has 0 aliphatic carbocycles. The molecule has 0 bridgehead atoms. The number of nitrogens with one attached hydrogen (secondary N) is 1.